The van der Waals surface area contributed by atoms with Gasteiger partial charge in [0.15, 0.2) is 0 Å². The van der Waals surface area contributed by atoms with E-state index >= 15 is 0 Å². The lowest BCUT2D eigenvalue weighted by Gasteiger charge is -2.19. The van der Waals surface area contributed by atoms with Crippen molar-refractivity contribution in [2.24, 2.45) is 0 Å². The number of carboxylic acids is 1. The monoisotopic (exact) mass is 458 g/mol. The second-order valence-corrected chi connectivity index (χ2v) is 7.60. The van der Waals surface area contributed by atoms with Crippen LogP contribution >= 0.6 is 0 Å². The topological polar surface area (TPSA) is 125 Å². The van der Waals surface area contributed by atoms with E-state index in [-0.39, 0.29) is 12.1 Å². The van der Waals surface area contributed by atoms with Crippen LogP contribution in [0.2, 0.25) is 0 Å². The first-order valence-electron chi connectivity index (χ1n) is 10.0. The zero-order chi connectivity index (χ0) is 23.8. The average Bonchev–Trinajstić information content (AvgIpc) is 3.38. The minimum Gasteiger partial charge on any atom is -0.475 e. The van der Waals surface area contributed by atoms with Crippen molar-refractivity contribution in [3.05, 3.63) is 41.5 Å². The summed E-state index contributed by atoms with van der Waals surface area (Å²) in [6.07, 6.45) is 3.84. The maximum absolute atomic E-state index is 12.4. The summed E-state index contributed by atoms with van der Waals surface area (Å²) in [7, 11) is 0. The Morgan fingerprint density at radius 3 is 2.16 bits per heavy atom. The van der Waals surface area contributed by atoms with Crippen molar-refractivity contribution < 1.29 is 42.6 Å². The van der Waals surface area contributed by atoms with E-state index in [4.69, 9.17) is 19.8 Å². The van der Waals surface area contributed by atoms with E-state index in [1.807, 2.05) is 24.3 Å². The third-order valence-corrected chi connectivity index (χ3v) is 5.11. The Hall–Kier alpha value is -2.92. The molecule has 8 nitrogen and oxygen atoms in total. The fraction of sp³-hybridized carbons (Fsp3) is 0.476. The molecular formula is C21H25F3N2O6. The molecule has 0 heterocycles. The number of esters is 1. The van der Waals surface area contributed by atoms with Gasteiger partial charge in [-0.25, -0.2) is 10.3 Å². The van der Waals surface area contributed by atoms with E-state index in [1.165, 1.54) is 6.08 Å². The lowest BCUT2D eigenvalue weighted by Crippen LogP contribution is -2.41. The highest BCUT2D eigenvalue weighted by molar-refractivity contribution is 5.90. The van der Waals surface area contributed by atoms with Gasteiger partial charge < -0.3 is 9.84 Å². The number of rotatable bonds is 7. The Morgan fingerprint density at radius 2 is 1.69 bits per heavy atom. The molecule has 0 saturated heterocycles. The summed E-state index contributed by atoms with van der Waals surface area (Å²) >= 11 is 0. The molecule has 11 heteroatoms. The number of hydrogen-bond donors (Lipinski definition) is 4. The number of benzene rings is 1. The van der Waals surface area contributed by atoms with Gasteiger partial charge in [-0.05, 0) is 55.7 Å². The van der Waals surface area contributed by atoms with Gasteiger partial charge in [0.2, 0.25) is 0 Å². The Kier molecular flexibility index (Phi) is 8.79. The lowest BCUT2D eigenvalue weighted by molar-refractivity contribution is -0.192. The molecule has 0 spiro atoms. The number of alkyl halides is 3. The van der Waals surface area contributed by atoms with Crippen molar-refractivity contribution in [2.75, 3.05) is 0 Å². The molecule has 2 aliphatic carbocycles. The third kappa shape index (κ3) is 7.97. The summed E-state index contributed by atoms with van der Waals surface area (Å²) in [4.78, 5) is 32.2. The van der Waals surface area contributed by atoms with Gasteiger partial charge in [0.05, 0.1) is 0 Å². The first kappa shape index (κ1) is 25.3. The summed E-state index contributed by atoms with van der Waals surface area (Å²) in [6, 6.07) is 7.66. The van der Waals surface area contributed by atoms with Crippen molar-refractivity contribution in [3.63, 3.8) is 0 Å². The molecule has 32 heavy (non-hydrogen) atoms. The number of amides is 1. The summed E-state index contributed by atoms with van der Waals surface area (Å²) in [5.41, 5.74) is 2.96. The van der Waals surface area contributed by atoms with Crippen LogP contribution in [0.4, 0.5) is 13.2 Å². The second kappa shape index (κ2) is 11.1. The van der Waals surface area contributed by atoms with Crippen molar-refractivity contribution >= 4 is 23.9 Å². The molecule has 1 aromatic rings. The quantitative estimate of drug-likeness (QED) is 0.214. The van der Waals surface area contributed by atoms with Gasteiger partial charge >= 0.3 is 18.1 Å². The van der Waals surface area contributed by atoms with E-state index in [0.717, 1.165) is 49.7 Å². The van der Waals surface area contributed by atoms with Gasteiger partial charge in [-0.1, -0.05) is 24.3 Å². The van der Waals surface area contributed by atoms with Crippen LogP contribution in [-0.4, -0.2) is 46.0 Å². The molecule has 0 aromatic heterocycles. The van der Waals surface area contributed by atoms with Crippen LogP contribution in [-0.2, 0) is 25.7 Å². The highest BCUT2D eigenvalue weighted by Gasteiger charge is 2.51. The van der Waals surface area contributed by atoms with Gasteiger partial charge in [0, 0.05) is 12.6 Å². The molecule has 4 N–H and O–H groups in total. The normalized spacial score (nSPS) is 17.4. The maximum atomic E-state index is 12.4. The van der Waals surface area contributed by atoms with Gasteiger partial charge in [-0.3, -0.25) is 20.1 Å². The van der Waals surface area contributed by atoms with Gasteiger partial charge in [0.1, 0.15) is 11.6 Å². The van der Waals surface area contributed by atoms with Crippen LogP contribution in [0.15, 0.2) is 30.3 Å². The van der Waals surface area contributed by atoms with Crippen molar-refractivity contribution in [3.8, 4) is 0 Å². The molecule has 176 valence electrons. The molecule has 0 unspecified atom stereocenters. The van der Waals surface area contributed by atoms with Crippen LogP contribution in [0, 0.1) is 0 Å². The third-order valence-electron chi connectivity index (χ3n) is 5.11. The number of carbonyl (C=O) groups is 3. The van der Waals surface area contributed by atoms with E-state index in [1.54, 1.807) is 11.6 Å². The molecule has 0 radical (unpaired) electrons. The van der Waals surface area contributed by atoms with Gasteiger partial charge in [0.25, 0.3) is 5.91 Å². The predicted octanol–water partition coefficient (Wildman–Crippen LogP) is 2.95. The molecule has 0 aliphatic heterocycles. The Balaban J connectivity index is 0.000000451. The largest absolute Gasteiger partial charge is 0.490 e. The Morgan fingerprint density at radius 1 is 1.12 bits per heavy atom. The minimum atomic E-state index is -5.08. The number of halogens is 3. The molecule has 0 bridgehead atoms. The van der Waals surface area contributed by atoms with Crippen molar-refractivity contribution in [1.82, 2.24) is 10.8 Å². The Bertz CT molecular complexity index is 829. The molecule has 1 aromatic carbocycles. The molecule has 2 fully saturated rings. The van der Waals surface area contributed by atoms with Crippen LogP contribution in [0.25, 0.3) is 6.08 Å². The van der Waals surface area contributed by atoms with E-state index in [2.05, 4.69) is 5.32 Å². The molecule has 1 amide bonds. The first-order valence-corrected chi connectivity index (χ1v) is 10.0. The van der Waals surface area contributed by atoms with Crippen molar-refractivity contribution in [1.29, 1.82) is 0 Å². The summed E-state index contributed by atoms with van der Waals surface area (Å²) in [5.74, 6) is -3.43. The smallest absolute Gasteiger partial charge is 0.475 e. The highest BCUT2D eigenvalue weighted by atomic mass is 19.4. The fourth-order valence-corrected chi connectivity index (χ4v) is 3.08. The van der Waals surface area contributed by atoms with E-state index in [0.29, 0.717) is 6.54 Å². The number of hydrogen-bond acceptors (Lipinski definition) is 6. The average molecular weight is 458 g/mol. The molecule has 0 atom stereocenters. The van der Waals surface area contributed by atoms with Gasteiger partial charge in [-0.2, -0.15) is 13.2 Å². The van der Waals surface area contributed by atoms with Crippen LogP contribution < -0.4 is 10.8 Å². The minimum absolute atomic E-state index is 0.103. The second-order valence-electron chi connectivity index (χ2n) is 7.60. The number of carbonyl (C=O) groups excluding carboxylic acids is 2. The van der Waals surface area contributed by atoms with Crippen molar-refractivity contribution in [2.45, 2.75) is 62.9 Å². The molecule has 2 saturated carbocycles. The Labute approximate surface area is 182 Å². The molecule has 3 rings (SSSR count). The number of hydroxylamine groups is 1. The van der Waals surface area contributed by atoms with Crippen LogP contribution in [0.3, 0.4) is 0 Å². The van der Waals surface area contributed by atoms with Gasteiger partial charge in [-0.15, -0.1) is 0 Å². The van der Waals surface area contributed by atoms with E-state index < -0.39 is 23.6 Å². The summed E-state index contributed by atoms with van der Waals surface area (Å²) < 4.78 is 37.4. The number of ether oxygens (including phenoxy) is 1. The molecular weight excluding hydrogens is 433 g/mol. The van der Waals surface area contributed by atoms with E-state index in [9.17, 15) is 22.8 Å². The zero-order valence-electron chi connectivity index (χ0n) is 17.2. The van der Waals surface area contributed by atoms with Crippen LogP contribution in [0.5, 0.6) is 0 Å². The number of aliphatic carboxylic acids is 1. The number of nitrogens with one attached hydrogen (secondary N) is 2. The standard InChI is InChI=1S/C19H24N2O4.C2HF3O2/c22-17(21-24)10-9-14-5-7-15(8-6-14)13-20-19(11-12-19)18(23)25-16-3-1-2-4-16;3-2(4,5)1(6)7/h5-10,16,20,24H,1-4,11-13H2,(H,21,22);(H,6,7)/b10-9+;. The summed E-state index contributed by atoms with van der Waals surface area (Å²) in [5, 5.41) is 18.9. The van der Waals surface area contributed by atoms with Crippen LogP contribution in [0.1, 0.15) is 49.7 Å². The molecule has 2 aliphatic rings. The first-order chi connectivity index (χ1) is 15.1. The summed E-state index contributed by atoms with van der Waals surface area (Å²) in [6.45, 7) is 0.598. The lowest BCUT2D eigenvalue weighted by atomic mass is 10.1. The SMILES string of the molecule is O=C(/C=C/c1ccc(CNC2(C(=O)OC3CCCC3)CC2)cc1)NO.O=C(O)C(F)(F)F. The zero-order valence-corrected chi connectivity index (χ0v) is 17.2. The predicted molar refractivity (Wildman–Crippen MR) is 106 cm³/mol. The fourth-order valence-electron chi connectivity index (χ4n) is 3.08. The maximum Gasteiger partial charge on any atom is 0.490 e. The number of carboxylic acid groups (broad SMARTS) is 1. The highest BCUT2D eigenvalue weighted by Crippen LogP contribution is 2.38.